The standard InChI is InChI=1S/C19H17ClN2S/c1-11-8-9-14-10-21-18(15-6-4-5-7-16(15)20)17-12(2)13(3)23-19(17)22(11)14/h4-9H,10H2,1-3H3. The van der Waals surface area contributed by atoms with E-state index in [4.69, 9.17) is 16.6 Å². The molecule has 0 saturated heterocycles. The predicted molar refractivity (Wildman–Crippen MR) is 98.7 cm³/mol. The zero-order valence-corrected chi connectivity index (χ0v) is 14.9. The number of thiophene rings is 1. The molecular formula is C19H17ClN2S. The van der Waals surface area contributed by atoms with Crippen molar-refractivity contribution in [2.75, 3.05) is 0 Å². The number of hydrogen-bond donors (Lipinski definition) is 0. The van der Waals surface area contributed by atoms with Crippen LogP contribution < -0.4 is 0 Å². The monoisotopic (exact) mass is 340 g/mol. The van der Waals surface area contributed by atoms with E-state index in [1.165, 1.54) is 32.4 Å². The van der Waals surface area contributed by atoms with Crippen LogP contribution in [0.2, 0.25) is 5.02 Å². The molecule has 3 aromatic rings. The molecule has 23 heavy (non-hydrogen) atoms. The van der Waals surface area contributed by atoms with Crippen LogP contribution in [0.3, 0.4) is 0 Å². The van der Waals surface area contributed by atoms with Gasteiger partial charge in [-0.1, -0.05) is 29.8 Å². The summed E-state index contributed by atoms with van der Waals surface area (Å²) in [4.78, 5) is 6.27. The summed E-state index contributed by atoms with van der Waals surface area (Å²) in [5.74, 6) is 0. The van der Waals surface area contributed by atoms with Gasteiger partial charge in [0.25, 0.3) is 0 Å². The summed E-state index contributed by atoms with van der Waals surface area (Å²) < 4.78 is 2.34. The van der Waals surface area contributed by atoms with Gasteiger partial charge in [0.15, 0.2) is 0 Å². The van der Waals surface area contributed by atoms with Crippen LogP contribution in [0.25, 0.3) is 5.00 Å². The third-order valence-electron chi connectivity index (χ3n) is 4.49. The molecule has 0 unspecified atom stereocenters. The van der Waals surface area contributed by atoms with Gasteiger partial charge in [0, 0.05) is 32.4 Å². The van der Waals surface area contributed by atoms with E-state index in [1.807, 2.05) is 29.5 Å². The Morgan fingerprint density at radius 3 is 2.65 bits per heavy atom. The van der Waals surface area contributed by atoms with Crippen molar-refractivity contribution in [1.29, 1.82) is 0 Å². The third kappa shape index (κ3) is 2.19. The van der Waals surface area contributed by atoms with Gasteiger partial charge in [-0.3, -0.25) is 4.99 Å². The van der Waals surface area contributed by atoms with Gasteiger partial charge in [0.05, 0.1) is 12.3 Å². The van der Waals surface area contributed by atoms with Crippen molar-refractivity contribution in [2.24, 2.45) is 4.99 Å². The lowest BCUT2D eigenvalue weighted by Crippen LogP contribution is -2.07. The number of hydrogen-bond acceptors (Lipinski definition) is 2. The fraction of sp³-hybridized carbons (Fsp3) is 0.211. The molecule has 0 radical (unpaired) electrons. The molecule has 0 atom stereocenters. The minimum absolute atomic E-state index is 0.675. The van der Waals surface area contributed by atoms with Crippen LogP contribution in [0.5, 0.6) is 0 Å². The highest BCUT2D eigenvalue weighted by atomic mass is 35.5. The summed E-state index contributed by atoms with van der Waals surface area (Å²) in [5.41, 5.74) is 7.02. The highest BCUT2D eigenvalue weighted by molar-refractivity contribution is 7.15. The Hall–Kier alpha value is -1.84. The summed E-state index contributed by atoms with van der Waals surface area (Å²) in [6.07, 6.45) is 0. The van der Waals surface area contributed by atoms with Crippen molar-refractivity contribution in [3.05, 3.63) is 74.4 Å². The van der Waals surface area contributed by atoms with Crippen LogP contribution >= 0.6 is 22.9 Å². The van der Waals surface area contributed by atoms with Gasteiger partial charge in [-0.2, -0.15) is 0 Å². The molecular weight excluding hydrogens is 324 g/mol. The van der Waals surface area contributed by atoms with E-state index in [9.17, 15) is 0 Å². The van der Waals surface area contributed by atoms with Gasteiger partial charge in [-0.05, 0) is 44.5 Å². The lowest BCUT2D eigenvalue weighted by atomic mass is 10.00. The van der Waals surface area contributed by atoms with Crippen molar-refractivity contribution in [2.45, 2.75) is 27.3 Å². The Bertz CT molecular complexity index is 946. The molecule has 2 aromatic heterocycles. The van der Waals surface area contributed by atoms with Crippen molar-refractivity contribution in [1.82, 2.24) is 4.57 Å². The molecule has 0 saturated carbocycles. The number of fused-ring (bicyclic) bond motifs is 3. The predicted octanol–water partition coefficient (Wildman–Crippen LogP) is 5.47. The molecule has 2 nitrogen and oxygen atoms in total. The Morgan fingerprint density at radius 1 is 1.09 bits per heavy atom. The van der Waals surface area contributed by atoms with E-state index in [-0.39, 0.29) is 0 Å². The zero-order chi connectivity index (χ0) is 16.1. The number of aliphatic imine (C=N–C) groups is 1. The van der Waals surface area contributed by atoms with Crippen LogP contribution in [0, 0.1) is 20.8 Å². The summed E-state index contributed by atoms with van der Waals surface area (Å²) in [5, 5.41) is 2.01. The number of nitrogens with zero attached hydrogens (tertiary/aromatic N) is 2. The van der Waals surface area contributed by atoms with Gasteiger partial charge in [-0.15, -0.1) is 11.3 Å². The minimum atomic E-state index is 0.675. The Kier molecular flexibility index (Phi) is 3.43. The van der Waals surface area contributed by atoms with Crippen LogP contribution in [0.1, 0.15) is 33.0 Å². The van der Waals surface area contributed by atoms with E-state index in [1.54, 1.807) is 0 Å². The maximum Gasteiger partial charge on any atom is 0.110 e. The largest absolute Gasteiger partial charge is 0.307 e. The molecule has 0 aliphatic carbocycles. The smallest absolute Gasteiger partial charge is 0.110 e. The number of benzene rings is 1. The number of halogens is 1. The molecule has 0 bridgehead atoms. The fourth-order valence-corrected chi connectivity index (χ4v) is 4.64. The van der Waals surface area contributed by atoms with Crippen molar-refractivity contribution < 1.29 is 0 Å². The van der Waals surface area contributed by atoms with E-state index in [0.717, 1.165) is 16.3 Å². The lowest BCUT2D eigenvalue weighted by Gasteiger charge is -2.11. The molecule has 116 valence electrons. The van der Waals surface area contributed by atoms with Crippen LogP contribution in [-0.4, -0.2) is 10.3 Å². The van der Waals surface area contributed by atoms with Gasteiger partial charge in [0.2, 0.25) is 0 Å². The van der Waals surface area contributed by atoms with Gasteiger partial charge in [-0.25, -0.2) is 0 Å². The van der Waals surface area contributed by atoms with E-state index >= 15 is 0 Å². The lowest BCUT2D eigenvalue weighted by molar-refractivity contribution is 0.910. The Balaban J connectivity index is 2.05. The Morgan fingerprint density at radius 2 is 1.87 bits per heavy atom. The fourth-order valence-electron chi connectivity index (χ4n) is 3.16. The normalized spacial score (nSPS) is 13.3. The maximum atomic E-state index is 6.47. The van der Waals surface area contributed by atoms with E-state index in [2.05, 4.69) is 43.5 Å². The van der Waals surface area contributed by atoms with E-state index in [0.29, 0.717) is 6.54 Å². The number of rotatable bonds is 1. The number of aryl methyl sites for hydroxylation is 2. The molecule has 0 spiro atoms. The van der Waals surface area contributed by atoms with Gasteiger partial charge < -0.3 is 4.57 Å². The first-order valence-corrected chi connectivity index (χ1v) is 8.84. The third-order valence-corrected chi connectivity index (χ3v) is 6.01. The second-order valence-corrected chi connectivity index (χ2v) is 7.52. The second-order valence-electron chi connectivity index (χ2n) is 5.91. The van der Waals surface area contributed by atoms with Crippen LogP contribution in [0.15, 0.2) is 41.4 Å². The second kappa shape index (κ2) is 5.36. The van der Waals surface area contributed by atoms with Crippen molar-refractivity contribution in [3.63, 3.8) is 0 Å². The van der Waals surface area contributed by atoms with Gasteiger partial charge >= 0.3 is 0 Å². The highest BCUT2D eigenvalue weighted by Gasteiger charge is 2.25. The molecule has 0 fully saturated rings. The SMILES string of the molecule is Cc1sc2c(c1C)C(c1ccccc1Cl)=NCc1ccc(C)n1-2. The average Bonchev–Trinajstić information content (AvgIpc) is 2.97. The topological polar surface area (TPSA) is 17.3 Å². The molecule has 1 aromatic carbocycles. The van der Waals surface area contributed by atoms with Crippen LogP contribution in [-0.2, 0) is 6.54 Å². The summed E-state index contributed by atoms with van der Waals surface area (Å²) in [6.45, 7) is 7.19. The molecule has 3 heterocycles. The molecule has 0 amide bonds. The summed E-state index contributed by atoms with van der Waals surface area (Å²) in [7, 11) is 0. The molecule has 1 aliphatic rings. The van der Waals surface area contributed by atoms with E-state index < -0.39 is 0 Å². The first-order chi connectivity index (χ1) is 11.1. The maximum absolute atomic E-state index is 6.47. The molecule has 0 N–H and O–H groups in total. The zero-order valence-electron chi connectivity index (χ0n) is 13.4. The van der Waals surface area contributed by atoms with Crippen molar-refractivity contribution >= 4 is 28.6 Å². The molecule has 4 rings (SSSR count). The van der Waals surface area contributed by atoms with Crippen molar-refractivity contribution in [3.8, 4) is 5.00 Å². The minimum Gasteiger partial charge on any atom is -0.307 e. The number of aromatic nitrogens is 1. The first-order valence-electron chi connectivity index (χ1n) is 7.65. The quantitative estimate of drug-likeness (QED) is 0.559. The molecule has 4 heteroatoms. The Labute approximate surface area is 145 Å². The van der Waals surface area contributed by atoms with Crippen LogP contribution in [0.4, 0.5) is 0 Å². The summed E-state index contributed by atoms with van der Waals surface area (Å²) >= 11 is 8.30. The molecule has 1 aliphatic heterocycles. The van der Waals surface area contributed by atoms with Gasteiger partial charge in [0.1, 0.15) is 5.00 Å². The summed E-state index contributed by atoms with van der Waals surface area (Å²) in [6, 6.07) is 12.3. The highest BCUT2D eigenvalue weighted by Crippen LogP contribution is 2.37. The first kappa shape index (κ1) is 14.7. The average molecular weight is 341 g/mol.